The van der Waals surface area contributed by atoms with E-state index in [9.17, 15) is 23.6 Å². The fraction of sp³-hybridized carbons (Fsp3) is 0.318. The number of hydroxylamine groups is 2. The number of nitrogens with zero attached hydrogens (tertiary/aromatic N) is 4. The van der Waals surface area contributed by atoms with Crippen LogP contribution in [0.15, 0.2) is 121 Å². The minimum Gasteiger partial charge on any atom is -0.461 e. The SMILES string of the molecule is O=C(CCN(OCc1ccccc1)C(=O)CCCc1ccc(-n2cc(CCCF)nn2)cc1)NC(CCC(=O)OCc1ccccc1)C(=O)OCc1ccccc1. The van der Waals surface area contributed by atoms with Crippen LogP contribution in [0.25, 0.3) is 5.69 Å². The van der Waals surface area contributed by atoms with Crippen LogP contribution in [0.3, 0.4) is 0 Å². The fourth-order valence-corrected chi connectivity index (χ4v) is 5.78. The second-order valence-corrected chi connectivity index (χ2v) is 13.4. The third kappa shape index (κ3) is 14.8. The summed E-state index contributed by atoms with van der Waals surface area (Å²) >= 11 is 0. The van der Waals surface area contributed by atoms with Crippen LogP contribution < -0.4 is 5.32 Å². The van der Waals surface area contributed by atoms with Crippen molar-refractivity contribution in [1.82, 2.24) is 25.4 Å². The first-order chi connectivity index (χ1) is 27.9. The molecule has 5 aromatic rings. The molecular weight excluding hydrogens is 730 g/mol. The average Bonchev–Trinajstić information content (AvgIpc) is 3.73. The van der Waals surface area contributed by atoms with Gasteiger partial charge in [0.25, 0.3) is 0 Å². The number of hydrogen-bond acceptors (Lipinski definition) is 9. The number of alkyl halides is 1. The Kier molecular flexibility index (Phi) is 16.9. The van der Waals surface area contributed by atoms with Crippen LogP contribution in [-0.2, 0) is 66.2 Å². The normalized spacial score (nSPS) is 11.4. The highest BCUT2D eigenvalue weighted by atomic mass is 19.1. The number of amides is 2. The lowest BCUT2D eigenvalue weighted by atomic mass is 10.1. The maximum absolute atomic E-state index is 13.5. The molecule has 1 unspecified atom stereocenters. The number of halogens is 1. The molecule has 1 aromatic heterocycles. The van der Waals surface area contributed by atoms with Crippen molar-refractivity contribution in [3.63, 3.8) is 0 Å². The molecule has 13 heteroatoms. The van der Waals surface area contributed by atoms with Gasteiger partial charge in [0.05, 0.1) is 30.8 Å². The van der Waals surface area contributed by atoms with Gasteiger partial charge in [-0.15, -0.1) is 5.10 Å². The number of aromatic nitrogens is 3. The molecule has 0 bridgehead atoms. The Hall–Kier alpha value is -6.21. The highest BCUT2D eigenvalue weighted by molar-refractivity contribution is 5.85. The quantitative estimate of drug-likeness (QED) is 0.0574. The van der Waals surface area contributed by atoms with Crippen LogP contribution in [0, 0.1) is 0 Å². The number of aryl methyl sites for hydroxylation is 2. The van der Waals surface area contributed by atoms with Gasteiger partial charge in [0.2, 0.25) is 11.8 Å². The summed E-state index contributed by atoms with van der Waals surface area (Å²) in [7, 11) is 0. The average molecular weight is 778 g/mol. The van der Waals surface area contributed by atoms with Gasteiger partial charge >= 0.3 is 11.9 Å². The Bertz CT molecular complexity index is 1980. The molecule has 12 nitrogen and oxygen atoms in total. The first-order valence-corrected chi connectivity index (χ1v) is 19.1. The lowest BCUT2D eigenvalue weighted by molar-refractivity contribution is -0.192. The van der Waals surface area contributed by atoms with Crippen molar-refractivity contribution in [1.29, 1.82) is 0 Å². The molecule has 298 valence electrons. The Morgan fingerprint density at radius 2 is 1.30 bits per heavy atom. The van der Waals surface area contributed by atoms with Crippen molar-refractivity contribution in [2.75, 3.05) is 13.2 Å². The molecule has 0 saturated heterocycles. The molecule has 0 aliphatic carbocycles. The van der Waals surface area contributed by atoms with Crippen LogP contribution in [-0.4, -0.2) is 63.1 Å². The second kappa shape index (κ2) is 23.0. The molecule has 0 saturated carbocycles. The van der Waals surface area contributed by atoms with Gasteiger partial charge in [0.1, 0.15) is 25.9 Å². The summed E-state index contributed by atoms with van der Waals surface area (Å²) in [6.07, 6.45) is 3.70. The van der Waals surface area contributed by atoms with E-state index in [0.29, 0.717) is 25.7 Å². The number of hydrogen-bond donors (Lipinski definition) is 1. The van der Waals surface area contributed by atoms with Crippen LogP contribution in [0.4, 0.5) is 4.39 Å². The molecule has 1 atom stereocenters. The van der Waals surface area contributed by atoms with Crippen LogP contribution >= 0.6 is 0 Å². The smallest absolute Gasteiger partial charge is 0.328 e. The zero-order valence-electron chi connectivity index (χ0n) is 31.8. The molecule has 0 spiro atoms. The molecule has 0 fully saturated rings. The highest BCUT2D eigenvalue weighted by Gasteiger charge is 2.25. The van der Waals surface area contributed by atoms with Gasteiger partial charge in [-0.25, -0.2) is 14.5 Å². The number of esters is 2. The zero-order valence-corrected chi connectivity index (χ0v) is 31.8. The topological polar surface area (TPSA) is 142 Å². The second-order valence-electron chi connectivity index (χ2n) is 13.4. The van der Waals surface area contributed by atoms with Crippen molar-refractivity contribution in [3.8, 4) is 5.69 Å². The standard InChI is InChI=1S/C44H48FN5O7/c45-28-11-19-38-30-49(48-47-38)39-23-21-34(22-24-39)18-10-20-42(52)50(57-33-37-16-8-3-9-17-37)29-27-41(51)46-40(44(54)56-32-36-14-6-2-7-15-36)25-26-43(53)55-31-35-12-4-1-5-13-35/h1-9,12-17,21-24,30,40H,10-11,18-20,25-29,31-33H2,(H,46,51). The van der Waals surface area contributed by atoms with Gasteiger partial charge < -0.3 is 14.8 Å². The molecule has 1 heterocycles. The van der Waals surface area contributed by atoms with E-state index in [-0.39, 0.29) is 58.0 Å². The third-order valence-electron chi connectivity index (χ3n) is 8.94. The predicted molar refractivity (Wildman–Crippen MR) is 210 cm³/mol. The molecule has 0 aliphatic heterocycles. The Morgan fingerprint density at radius 1 is 0.684 bits per heavy atom. The minimum absolute atomic E-state index is 0.00443. The van der Waals surface area contributed by atoms with E-state index in [2.05, 4.69) is 15.6 Å². The summed E-state index contributed by atoms with van der Waals surface area (Å²) in [6, 6.07) is 34.3. The number of nitrogens with one attached hydrogen (secondary N) is 1. The predicted octanol–water partition coefficient (Wildman–Crippen LogP) is 6.59. The van der Waals surface area contributed by atoms with E-state index >= 15 is 0 Å². The Morgan fingerprint density at radius 3 is 1.93 bits per heavy atom. The Labute approximate surface area is 331 Å². The first kappa shape index (κ1) is 41.9. The molecule has 2 amide bonds. The number of benzene rings is 4. The van der Waals surface area contributed by atoms with Crippen LogP contribution in [0.1, 0.15) is 66.5 Å². The third-order valence-corrected chi connectivity index (χ3v) is 8.94. The molecule has 0 aliphatic rings. The molecular formula is C44H48FN5O7. The number of rotatable bonds is 23. The summed E-state index contributed by atoms with van der Waals surface area (Å²) in [5.74, 6) is -2.02. The van der Waals surface area contributed by atoms with E-state index in [1.54, 1.807) is 10.9 Å². The highest BCUT2D eigenvalue weighted by Crippen LogP contribution is 2.15. The maximum atomic E-state index is 13.5. The van der Waals surface area contributed by atoms with E-state index in [1.807, 2.05) is 115 Å². The lowest BCUT2D eigenvalue weighted by Gasteiger charge is -2.23. The summed E-state index contributed by atoms with van der Waals surface area (Å²) in [5.41, 5.74) is 5.02. The van der Waals surface area contributed by atoms with E-state index in [1.165, 1.54) is 5.06 Å². The van der Waals surface area contributed by atoms with Gasteiger partial charge in [0.15, 0.2) is 0 Å². The maximum Gasteiger partial charge on any atom is 0.328 e. The van der Waals surface area contributed by atoms with Gasteiger partial charge in [-0.2, -0.15) is 0 Å². The van der Waals surface area contributed by atoms with Crippen molar-refractivity contribution in [2.45, 2.75) is 77.2 Å². The van der Waals surface area contributed by atoms with Crippen LogP contribution in [0.2, 0.25) is 0 Å². The fourth-order valence-electron chi connectivity index (χ4n) is 5.78. The van der Waals surface area contributed by atoms with Gasteiger partial charge in [0, 0.05) is 19.3 Å². The number of carbonyl (C=O) groups excluding carboxylic acids is 4. The van der Waals surface area contributed by atoms with Crippen molar-refractivity contribution in [2.24, 2.45) is 0 Å². The summed E-state index contributed by atoms with van der Waals surface area (Å²) < 4.78 is 25.1. The summed E-state index contributed by atoms with van der Waals surface area (Å²) in [4.78, 5) is 58.5. The minimum atomic E-state index is -1.13. The van der Waals surface area contributed by atoms with Gasteiger partial charge in [-0.1, -0.05) is 108 Å². The lowest BCUT2D eigenvalue weighted by Crippen LogP contribution is -2.43. The number of ether oxygens (including phenoxy) is 2. The van der Waals surface area contributed by atoms with E-state index in [4.69, 9.17) is 14.3 Å². The summed E-state index contributed by atoms with van der Waals surface area (Å²) in [5, 5.41) is 12.1. The van der Waals surface area contributed by atoms with Gasteiger partial charge in [-0.3, -0.25) is 23.6 Å². The molecule has 1 N–H and O–H groups in total. The Balaban J connectivity index is 1.15. The van der Waals surface area contributed by atoms with Crippen LogP contribution in [0.5, 0.6) is 0 Å². The molecule has 5 rings (SSSR count). The van der Waals surface area contributed by atoms with Crippen molar-refractivity contribution >= 4 is 23.8 Å². The molecule has 0 radical (unpaired) electrons. The zero-order chi connectivity index (χ0) is 40.1. The van der Waals surface area contributed by atoms with E-state index < -0.39 is 30.6 Å². The van der Waals surface area contributed by atoms with Crippen molar-refractivity contribution in [3.05, 3.63) is 149 Å². The van der Waals surface area contributed by atoms with E-state index in [0.717, 1.165) is 33.6 Å². The first-order valence-electron chi connectivity index (χ1n) is 19.1. The number of carbonyl (C=O) groups is 4. The largest absolute Gasteiger partial charge is 0.461 e. The molecule has 57 heavy (non-hydrogen) atoms. The van der Waals surface area contributed by atoms with Gasteiger partial charge in [-0.05, 0) is 66.5 Å². The monoisotopic (exact) mass is 777 g/mol. The molecule has 4 aromatic carbocycles. The van der Waals surface area contributed by atoms with Crippen molar-refractivity contribution < 1.29 is 37.9 Å². The summed E-state index contributed by atoms with van der Waals surface area (Å²) in [6.45, 7) is -0.268.